The third kappa shape index (κ3) is 1.68. The summed E-state index contributed by atoms with van der Waals surface area (Å²) in [5, 5.41) is 2.39. The molecule has 0 aliphatic rings. The van der Waals surface area contributed by atoms with Gasteiger partial charge in [0.2, 0.25) is 0 Å². The zero-order valence-electron chi connectivity index (χ0n) is 9.80. The highest BCUT2D eigenvalue weighted by Crippen LogP contribution is 2.24. The second-order valence-corrected chi connectivity index (χ2v) is 4.52. The molecule has 0 amide bonds. The molecule has 0 spiro atoms. The molecule has 2 heterocycles. The molecule has 0 saturated carbocycles. The lowest BCUT2D eigenvalue weighted by Crippen LogP contribution is -2.21. The van der Waals surface area contributed by atoms with Gasteiger partial charge in [-0.05, 0) is 19.1 Å². The van der Waals surface area contributed by atoms with Crippen LogP contribution in [-0.2, 0) is 6.54 Å². The monoisotopic (exact) mass is 225 g/mol. The van der Waals surface area contributed by atoms with Gasteiger partial charge in [-0.2, -0.15) is 0 Å². The van der Waals surface area contributed by atoms with E-state index < -0.39 is 0 Å². The maximum atomic E-state index is 5.88. The molecule has 0 aliphatic heterocycles. The first-order valence-electron chi connectivity index (χ1n) is 5.84. The van der Waals surface area contributed by atoms with Crippen molar-refractivity contribution in [3.63, 3.8) is 0 Å². The molecule has 17 heavy (non-hydrogen) atoms. The second-order valence-electron chi connectivity index (χ2n) is 4.52. The fourth-order valence-electron chi connectivity index (χ4n) is 2.29. The van der Waals surface area contributed by atoms with Gasteiger partial charge in [-0.15, -0.1) is 0 Å². The summed E-state index contributed by atoms with van der Waals surface area (Å²) in [6.45, 7) is 2.84. The van der Waals surface area contributed by atoms with E-state index in [4.69, 9.17) is 5.73 Å². The Kier molecular flexibility index (Phi) is 2.34. The van der Waals surface area contributed by atoms with E-state index in [1.807, 2.05) is 19.2 Å². The summed E-state index contributed by atoms with van der Waals surface area (Å²) in [5.41, 5.74) is 8.11. The van der Waals surface area contributed by atoms with E-state index in [0.29, 0.717) is 0 Å². The van der Waals surface area contributed by atoms with Crippen LogP contribution in [0.4, 0.5) is 0 Å². The van der Waals surface area contributed by atoms with Crippen LogP contribution in [0.1, 0.15) is 6.92 Å². The van der Waals surface area contributed by atoms with Gasteiger partial charge >= 0.3 is 0 Å². The highest BCUT2D eigenvalue weighted by Gasteiger charge is 2.07. The Morgan fingerprint density at radius 3 is 2.88 bits per heavy atom. The number of nitrogens with two attached hydrogens (primary N) is 1. The van der Waals surface area contributed by atoms with Gasteiger partial charge in [0.15, 0.2) is 0 Å². The number of fused-ring (bicyclic) bond motifs is 3. The van der Waals surface area contributed by atoms with Crippen LogP contribution in [0.5, 0.6) is 0 Å². The summed E-state index contributed by atoms with van der Waals surface area (Å²) in [6.07, 6.45) is 3.92. The summed E-state index contributed by atoms with van der Waals surface area (Å²) < 4.78 is 2.19. The molecule has 3 aromatic rings. The Labute approximate surface area is 99.9 Å². The van der Waals surface area contributed by atoms with E-state index in [-0.39, 0.29) is 6.04 Å². The first-order valence-corrected chi connectivity index (χ1v) is 5.84. The van der Waals surface area contributed by atoms with Crippen LogP contribution in [0.25, 0.3) is 21.8 Å². The third-order valence-corrected chi connectivity index (χ3v) is 2.99. The average Bonchev–Trinajstić information content (AvgIpc) is 2.72. The number of hydrogen-bond acceptors (Lipinski definition) is 2. The molecule has 3 nitrogen and oxygen atoms in total. The van der Waals surface area contributed by atoms with Crippen LogP contribution in [0.2, 0.25) is 0 Å². The maximum Gasteiger partial charge on any atom is 0.0944 e. The van der Waals surface area contributed by atoms with Crippen molar-refractivity contribution in [3.05, 3.63) is 42.7 Å². The summed E-state index contributed by atoms with van der Waals surface area (Å²) in [5.74, 6) is 0. The lowest BCUT2D eigenvalue weighted by Gasteiger charge is -2.09. The SMILES string of the molecule is C[C@H](N)Cn1ccc2ccc3cccnc3c21. The Morgan fingerprint density at radius 2 is 2.06 bits per heavy atom. The minimum Gasteiger partial charge on any atom is -0.344 e. The van der Waals surface area contributed by atoms with Gasteiger partial charge in [-0.25, -0.2) is 0 Å². The number of benzene rings is 1. The zero-order valence-corrected chi connectivity index (χ0v) is 9.80. The third-order valence-electron chi connectivity index (χ3n) is 2.99. The normalized spacial score (nSPS) is 13.3. The van der Waals surface area contributed by atoms with Crippen LogP contribution < -0.4 is 5.73 Å². The molecule has 3 rings (SSSR count). The molecule has 2 N–H and O–H groups in total. The molecular formula is C14H15N3. The fourth-order valence-corrected chi connectivity index (χ4v) is 2.29. The average molecular weight is 225 g/mol. The van der Waals surface area contributed by atoms with Gasteiger partial charge in [0.05, 0.1) is 11.0 Å². The molecule has 0 aliphatic carbocycles. The molecule has 2 aromatic heterocycles. The lowest BCUT2D eigenvalue weighted by molar-refractivity contribution is 0.606. The van der Waals surface area contributed by atoms with Crippen molar-refractivity contribution in [2.75, 3.05) is 0 Å². The molecule has 0 fully saturated rings. The largest absolute Gasteiger partial charge is 0.344 e. The van der Waals surface area contributed by atoms with E-state index in [1.165, 1.54) is 16.3 Å². The van der Waals surface area contributed by atoms with Crippen molar-refractivity contribution in [1.82, 2.24) is 9.55 Å². The summed E-state index contributed by atoms with van der Waals surface area (Å²) in [4.78, 5) is 4.49. The van der Waals surface area contributed by atoms with E-state index in [1.54, 1.807) is 0 Å². The van der Waals surface area contributed by atoms with Crippen molar-refractivity contribution in [2.24, 2.45) is 5.73 Å². The molecule has 3 heteroatoms. The molecule has 0 saturated heterocycles. The topological polar surface area (TPSA) is 43.8 Å². The van der Waals surface area contributed by atoms with E-state index in [0.717, 1.165) is 12.1 Å². The predicted octanol–water partition coefficient (Wildman–Crippen LogP) is 2.54. The minimum atomic E-state index is 0.143. The molecular weight excluding hydrogens is 210 g/mol. The Morgan fingerprint density at radius 1 is 1.24 bits per heavy atom. The first kappa shape index (κ1) is 10.3. The number of hydrogen-bond donors (Lipinski definition) is 1. The highest BCUT2D eigenvalue weighted by atomic mass is 15.0. The van der Waals surface area contributed by atoms with Crippen molar-refractivity contribution in [1.29, 1.82) is 0 Å². The van der Waals surface area contributed by atoms with Crippen molar-refractivity contribution < 1.29 is 0 Å². The maximum absolute atomic E-state index is 5.88. The van der Waals surface area contributed by atoms with Crippen LogP contribution in [0.3, 0.4) is 0 Å². The van der Waals surface area contributed by atoms with Crippen LogP contribution >= 0.6 is 0 Å². The van der Waals surface area contributed by atoms with Crippen LogP contribution in [-0.4, -0.2) is 15.6 Å². The first-order chi connectivity index (χ1) is 8.25. The molecule has 0 unspecified atom stereocenters. The van der Waals surface area contributed by atoms with Gasteiger partial charge in [0.25, 0.3) is 0 Å². The zero-order chi connectivity index (χ0) is 11.8. The van der Waals surface area contributed by atoms with Crippen molar-refractivity contribution in [3.8, 4) is 0 Å². The van der Waals surface area contributed by atoms with Gasteiger partial charge in [0, 0.05) is 35.8 Å². The number of nitrogens with zero attached hydrogens (tertiary/aromatic N) is 2. The van der Waals surface area contributed by atoms with Gasteiger partial charge < -0.3 is 10.3 Å². The van der Waals surface area contributed by atoms with E-state index in [9.17, 15) is 0 Å². The second kappa shape index (κ2) is 3.86. The number of rotatable bonds is 2. The molecule has 0 radical (unpaired) electrons. The van der Waals surface area contributed by atoms with Crippen LogP contribution in [0, 0.1) is 0 Å². The smallest absolute Gasteiger partial charge is 0.0944 e. The van der Waals surface area contributed by atoms with E-state index in [2.05, 4.69) is 40.0 Å². The number of aromatic nitrogens is 2. The van der Waals surface area contributed by atoms with Crippen molar-refractivity contribution >= 4 is 21.8 Å². The Balaban J connectivity index is 2.34. The summed E-state index contributed by atoms with van der Waals surface area (Å²) in [7, 11) is 0. The molecule has 0 bridgehead atoms. The van der Waals surface area contributed by atoms with Gasteiger partial charge in [-0.1, -0.05) is 18.2 Å². The fraction of sp³-hybridized carbons (Fsp3) is 0.214. The predicted molar refractivity (Wildman–Crippen MR) is 70.9 cm³/mol. The standard InChI is InChI=1S/C14H15N3/c1-10(15)9-17-8-6-12-5-4-11-3-2-7-16-13(11)14(12)17/h2-8,10H,9,15H2,1H3/t10-/m0/s1. The highest BCUT2D eigenvalue weighted by molar-refractivity contribution is 6.03. The Bertz CT molecular complexity index is 667. The Hall–Kier alpha value is -1.87. The van der Waals surface area contributed by atoms with Gasteiger partial charge in [0.1, 0.15) is 0 Å². The summed E-state index contributed by atoms with van der Waals surface area (Å²) >= 11 is 0. The quantitative estimate of drug-likeness (QED) is 0.728. The van der Waals surface area contributed by atoms with Gasteiger partial charge in [-0.3, -0.25) is 4.98 Å². The molecule has 1 atom stereocenters. The molecule has 86 valence electrons. The summed E-state index contributed by atoms with van der Waals surface area (Å²) in [6, 6.07) is 10.6. The number of pyridine rings is 1. The lowest BCUT2D eigenvalue weighted by atomic mass is 10.1. The van der Waals surface area contributed by atoms with Crippen molar-refractivity contribution in [2.45, 2.75) is 19.5 Å². The van der Waals surface area contributed by atoms with E-state index >= 15 is 0 Å². The minimum absolute atomic E-state index is 0.143. The van der Waals surface area contributed by atoms with Crippen LogP contribution in [0.15, 0.2) is 42.7 Å². The molecule has 1 aromatic carbocycles.